The SMILES string of the molecule is COCCOc1cc(C)ccc1NCc1ncc(Cl)s1. The van der Waals surface area contributed by atoms with E-state index in [0.717, 1.165) is 22.0 Å². The van der Waals surface area contributed by atoms with Crippen LogP contribution in [-0.2, 0) is 11.3 Å². The van der Waals surface area contributed by atoms with Gasteiger partial charge in [0.05, 0.1) is 25.0 Å². The van der Waals surface area contributed by atoms with Crippen LogP contribution in [0, 0.1) is 6.92 Å². The van der Waals surface area contributed by atoms with Crippen LogP contribution >= 0.6 is 22.9 Å². The van der Waals surface area contributed by atoms with Gasteiger partial charge in [-0.25, -0.2) is 4.98 Å². The summed E-state index contributed by atoms with van der Waals surface area (Å²) < 4.78 is 11.4. The average Bonchev–Trinajstić information content (AvgIpc) is 2.84. The number of rotatable bonds is 7. The molecule has 0 spiro atoms. The Bertz CT molecular complexity index is 560. The molecule has 1 aromatic heterocycles. The van der Waals surface area contributed by atoms with E-state index < -0.39 is 0 Å². The van der Waals surface area contributed by atoms with Gasteiger partial charge in [0.15, 0.2) is 0 Å². The summed E-state index contributed by atoms with van der Waals surface area (Å²) in [4.78, 5) is 4.22. The molecular formula is C14H17ClN2O2S. The molecule has 0 saturated heterocycles. The molecule has 0 unspecified atom stereocenters. The van der Waals surface area contributed by atoms with Gasteiger partial charge in [-0.3, -0.25) is 0 Å². The molecule has 20 heavy (non-hydrogen) atoms. The number of thiazole rings is 1. The van der Waals surface area contributed by atoms with Gasteiger partial charge in [-0.15, -0.1) is 11.3 Å². The van der Waals surface area contributed by atoms with E-state index in [4.69, 9.17) is 21.1 Å². The zero-order valence-electron chi connectivity index (χ0n) is 11.5. The number of hydrogen-bond donors (Lipinski definition) is 1. The molecule has 1 heterocycles. The number of ether oxygens (including phenoxy) is 2. The third-order valence-electron chi connectivity index (χ3n) is 2.64. The fraction of sp³-hybridized carbons (Fsp3) is 0.357. The van der Waals surface area contributed by atoms with Crippen LogP contribution in [0.25, 0.3) is 0 Å². The summed E-state index contributed by atoms with van der Waals surface area (Å²) in [6, 6.07) is 6.06. The van der Waals surface area contributed by atoms with Gasteiger partial charge in [-0.05, 0) is 24.6 Å². The van der Waals surface area contributed by atoms with Gasteiger partial charge >= 0.3 is 0 Å². The molecule has 0 saturated carbocycles. The zero-order chi connectivity index (χ0) is 14.4. The number of anilines is 1. The second-order valence-electron chi connectivity index (χ2n) is 4.25. The smallest absolute Gasteiger partial charge is 0.142 e. The van der Waals surface area contributed by atoms with Crippen molar-refractivity contribution in [3.63, 3.8) is 0 Å². The molecule has 0 aliphatic rings. The third kappa shape index (κ3) is 4.37. The van der Waals surface area contributed by atoms with E-state index in [-0.39, 0.29) is 0 Å². The first-order valence-corrected chi connectivity index (χ1v) is 7.45. The minimum absolute atomic E-state index is 0.526. The van der Waals surface area contributed by atoms with Crippen LogP contribution < -0.4 is 10.1 Å². The molecular weight excluding hydrogens is 296 g/mol. The molecule has 0 aliphatic heterocycles. The second kappa shape index (κ2) is 7.47. The van der Waals surface area contributed by atoms with E-state index in [1.54, 1.807) is 13.3 Å². The van der Waals surface area contributed by atoms with Crippen molar-refractivity contribution in [1.29, 1.82) is 0 Å². The number of hydrogen-bond acceptors (Lipinski definition) is 5. The molecule has 2 aromatic rings. The molecule has 4 nitrogen and oxygen atoms in total. The molecule has 0 aliphatic carbocycles. The highest BCUT2D eigenvalue weighted by atomic mass is 35.5. The van der Waals surface area contributed by atoms with Crippen LogP contribution in [0.1, 0.15) is 10.6 Å². The molecule has 0 bridgehead atoms. The summed E-state index contributed by atoms with van der Waals surface area (Å²) in [5.41, 5.74) is 2.10. The van der Waals surface area contributed by atoms with Crippen LogP contribution in [0.2, 0.25) is 4.34 Å². The van der Waals surface area contributed by atoms with Crippen molar-refractivity contribution in [3.05, 3.63) is 39.3 Å². The van der Waals surface area contributed by atoms with E-state index in [0.29, 0.717) is 24.1 Å². The maximum absolute atomic E-state index is 5.87. The van der Waals surface area contributed by atoms with Gasteiger partial charge in [-0.1, -0.05) is 17.7 Å². The van der Waals surface area contributed by atoms with Crippen LogP contribution in [0.15, 0.2) is 24.4 Å². The summed E-state index contributed by atoms with van der Waals surface area (Å²) in [7, 11) is 1.66. The minimum atomic E-state index is 0.526. The second-order valence-corrected chi connectivity index (χ2v) is 6.00. The van der Waals surface area contributed by atoms with Gasteiger partial charge < -0.3 is 14.8 Å². The lowest BCUT2D eigenvalue weighted by Gasteiger charge is -2.13. The molecule has 1 aromatic carbocycles. The molecule has 6 heteroatoms. The van der Waals surface area contributed by atoms with Crippen LogP contribution in [0.5, 0.6) is 5.75 Å². The van der Waals surface area contributed by atoms with Crippen molar-refractivity contribution < 1.29 is 9.47 Å². The van der Waals surface area contributed by atoms with E-state index in [9.17, 15) is 0 Å². The highest BCUT2D eigenvalue weighted by Gasteiger charge is 2.06. The summed E-state index contributed by atoms with van der Waals surface area (Å²) in [6.45, 7) is 3.75. The largest absolute Gasteiger partial charge is 0.489 e. The maximum atomic E-state index is 5.87. The number of nitrogens with zero attached hydrogens (tertiary/aromatic N) is 1. The van der Waals surface area contributed by atoms with Crippen molar-refractivity contribution in [3.8, 4) is 5.75 Å². The lowest BCUT2D eigenvalue weighted by molar-refractivity contribution is 0.146. The first-order chi connectivity index (χ1) is 9.69. The monoisotopic (exact) mass is 312 g/mol. The standard InChI is InChI=1S/C14H17ClN2O2S/c1-10-3-4-11(12(7-10)19-6-5-18-2)16-9-14-17-8-13(15)20-14/h3-4,7-8,16H,5-6,9H2,1-2H3. The number of aryl methyl sites for hydroxylation is 1. The average molecular weight is 313 g/mol. The number of halogens is 1. The van der Waals surface area contributed by atoms with Gasteiger partial charge in [0, 0.05) is 7.11 Å². The highest BCUT2D eigenvalue weighted by molar-refractivity contribution is 7.15. The van der Waals surface area contributed by atoms with Gasteiger partial charge in [0.1, 0.15) is 21.7 Å². The Morgan fingerprint density at radius 1 is 1.35 bits per heavy atom. The lowest BCUT2D eigenvalue weighted by atomic mass is 10.2. The molecule has 1 N–H and O–H groups in total. The Labute approximate surface area is 127 Å². The molecule has 2 rings (SSSR count). The predicted octanol–water partition coefficient (Wildman–Crippen LogP) is 3.74. The number of aromatic nitrogens is 1. The Kier molecular flexibility index (Phi) is 5.64. The normalized spacial score (nSPS) is 10.6. The maximum Gasteiger partial charge on any atom is 0.142 e. The summed E-state index contributed by atoms with van der Waals surface area (Å²) in [5.74, 6) is 0.824. The lowest BCUT2D eigenvalue weighted by Crippen LogP contribution is -2.07. The predicted molar refractivity (Wildman–Crippen MR) is 83.0 cm³/mol. The molecule has 0 fully saturated rings. The Morgan fingerprint density at radius 3 is 2.90 bits per heavy atom. The first-order valence-electron chi connectivity index (χ1n) is 6.25. The van der Waals surface area contributed by atoms with Crippen molar-refractivity contribution in [2.75, 3.05) is 25.6 Å². The highest BCUT2D eigenvalue weighted by Crippen LogP contribution is 2.27. The minimum Gasteiger partial charge on any atom is -0.489 e. The van der Waals surface area contributed by atoms with E-state index >= 15 is 0 Å². The molecule has 0 atom stereocenters. The van der Waals surface area contributed by atoms with Crippen molar-refractivity contribution >= 4 is 28.6 Å². The quantitative estimate of drug-likeness (QED) is 0.791. The van der Waals surface area contributed by atoms with E-state index in [2.05, 4.69) is 10.3 Å². The van der Waals surface area contributed by atoms with Crippen LogP contribution in [0.4, 0.5) is 5.69 Å². The fourth-order valence-corrected chi connectivity index (χ4v) is 2.57. The zero-order valence-corrected chi connectivity index (χ0v) is 13.1. The van der Waals surface area contributed by atoms with Crippen molar-refractivity contribution in [1.82, 2.24) is 4.98 Å². The first kappa shape index (κ1) is 15.1. The fourth-order valence-electron chi connectivity index (χ4n) is 1.67. The Morgan fingerprint density at radius 2 is 2.20 bits per heavy atom. The summed E-state index contributed by atoms with van der Waals surface area (Å²) in [6.07, 6.45) is 1.66. The number of methoxy groups -OCH3 is 1. The third-order valence-corrected chi connectivity index (χ3v) is 3.75. The molecule has 0 radical (unpaired) electrons. The van der Waals surface area contributed by atoms with Crippen molar-refractivity contribution in [2.24, 2.45) is 0 Å². The molecule has 108 valence electrons. The number of benzene rings is 1. The molecule has 0 amide bonds. The van der Waals surface area contributed by atoms with Gasteiger partial charge in [0.2, 0.25) is 0 Å². The van der Waals surface area contributed by atoms with Gasteiger partial charge in [-0.2, -0.15) is 0 Å². The van der Waals surface area contributed by atoms with Crippen LogP contribution in [0.3, 0.4) is 0 Å². The van der Waals surface area contributed by atoms with E-state index in [1.807, 2.05) is 25.1 Å². The Balaban J connectivity index is 2.01. The topological polar surface area (TPSA) is 43.4 Å². The Hall–Kier alpha value is -1.30. The summed E-state index contributed by atoms with van der Waals surface area (Å²) >= 11 is 7.34. The van der Waals surface area contributed by atoms with Gasteiger partial charge in [0.25, 0.3) is 0 Å². The summed E-state index contributed by atoms with van der Waals surface area (Å²) in [5, 5.41) is 4.26. The number of nitrogens with one attached hydrogen (secondary N) is 1. The van der Waals surface area contributed by atoms with E-state index in [1.165, 1.54) is 11.3 Å². The van der Waals surface area contributed by atoms with Crippen LogP contribution in [-0.4, -0.2) is 25.3 Å². The van der Waals surface area contributed by atoms with Crippen molar-refractivity contribution in [2.45, 2.75) is 13.5 Å².